The highest BCUT2D eigenvalue weighted by Gasteiger charge is 2.26. The molecule has 3 aliphatic rings. The predicted octanol–water partition coefficient (Wildman–Crippen LogP) is 1.79. The Morgan fingerprint density at radius 3 is 2.08 bits per heavy atom. The van der Waals surface area contributed by atoms with Gasteiger partial charge in [0.25, 0.3) is 0 Å². The Kier molecular flexibility index (Phi) is 7.31. The van der Waals surface area contributed by atoms with Gasteiger partial charge in [0.1, 0.15) is 5.03 Å². The number of aromatic nitrogens is 4. The first kappa shape index (κ1) is 23.7. The van der Waals surface area contributed by atoms with Crippen molar-refractivity contribution in [3.63, 3.8) is 0 Å². The Morgan fingerprint density at radius 1 is 0.722 bits per heavy atom. The average Bonchev–Trinajstić information content (AvgIpc) is 2.97. The fourth-order valence-electron chi connectivity index (χ4n) is 4.70. The number of ether oxygens (including phenoxy) is 2. The van der Waals surface area contributed by atoms with Crippen LogP contribution in [0.3, 0.4) is 0 Å². The van der Waals surface area contributed by atoms with Gasteiger partial charge in [0, 0.05) is 58.1 Å². The van der Waals surface area contributed by atoms with Crippen molar-refractivity contribution in [2.75, 3.05) is 93.5 Å². The highest BCUT2D eigenvalue weighted by atomic mass is 32.2. The lowest BCUT2D eigenvalue weighted by molar-refractivity contribution is 0.122. The summed E-state index contributed by atoms with van der Waals surface area (Å²) in [5.41, 5.74) is 2.69. The van der Waals surface area contributed by atoms with Gasteiger partial charge in [-0.3, -0.25) is 0 Å². The maximum atomic E-state index is 5.63. The number of rotatable bonds is 6. The van der Waals surface area contributed by atoms with Gasteiger partial charge < -0.3 is 29.5 Å². The van der Waals surface area contributed by atoms with E-state index in [4.69, 9.17) is 29.4 Å². The lowest BCUT2D eigenvalue weighted by Gasteiger charge is -2.32. The highest BCUT2D eigenvalue weighted by molar-refractivity contribution is 7.98. The van der Waals surface area contributed by atoms with Gasteiger partial charge in [0.15, 0.2) is 22.8 Å². The van der Waals surface area contributed by atoms with Gasteiger partial charge in [-0.2, -0.15) is 9.97 Å². The number of hydrogen-bond acceptors (Lipinski definition) is 11. The van der Waals surface area contributed by atoms with E-state index in [0.717, 1.165) is 86.2 Å². The second kappa shape index (κ2) is 11.1. The zero-order valence-corrected chi connectivity index (χ0v) is 21.3. The van der Waals surface area contributed by atoms with E-state index in [1.807, 2.05) is 6.07 Å². The quantitative estimate of drug-likeness (QED) is 0.494. The summed E-state index contributed by atoms with van der Waals surface area (Å²) in [7, 11) is 0. The smallest absolute Gasteiger partial charge is 0.229 e. The third-order valence-electron chi connectivity index (χ3n) is 6.69. The van der Waals surface area contributed by atoms with Crippen LogP contribution in [0.4, 0.5) is 17.6 Å². The number of benzene rings is 1. The van der Waals surface area contributed by atoms with E-state index in [9.17, 15) is 0 Å². The monoisotopic (exact) mass is 508 g/mol. The highest BCUT2D eigenvalue weighted by Crippen LogP contribution is 2.34. The number of nitrogens with one attached hydrogen (secondary N) is 1. The molecule has 0 aliphatic carbocycles. The molecular weight excluding hydrogens is 476 g/mol. The first-order valence-electron chi connectivity index (χ1n) is 12.7. The molecule has 5 heterocycles. The van der Waals surface area contributed by atoms with Gasteiger partial charge in [-0.05, 0) is 5.56 Å². The Bertz CT molecular complexity index is 1170. The van der Waals surface area contributed by atoms with Crippen molar-refractivity contribution in [3.05, 3.63) is 35.9 Å². The summed E-state index contributed by atoms with van der Waals surface area (Å²) < 4.78 is 11.2. The number of piperazine rings is 1. The molecule has 3 aliphatic heterocycles. The molecule has 0 unspecified atom stereocenters. The van der Waals surface area contributed by atoms with Crippen LogP contribution in [0, 0.1) is 0 Å². The normalized spacial score (nSPS) is 19.2. The lowest BCUT2D eigenvalue weighted by Crippen LogP contribution is -2.44. The largest absolute Gasteiger partial charge is 0.378 e. The SMILES string of the molecule is c1ccc(CSc2nc3c(N4CCOCC4)nc(N4CCNCC4)nc3nc2N2CCOCC2)cc1. The molecule has 0 bridgehead atoms. The van der Waals surface area contributed by atoms with E-state index in [1.165, 1.54) is 5.56 Å². The van der Waals surface area contributed by atoms with E-state index in [2.05, 4.69) is 44.3 Å². The van der Waals surface area contributed by atoms with E-state index in [1.54, 1.807) is 11.8 Å². The molecule has 3 saturated heterocycles. The van der Waals surface area contributed by atoms with Gasteiger partial charge in [0.2, 0.25) is 5.95 Å². The summed E-state index contributed by atoms with van der Waals surface area (Å²) in [5, 5.41) is 4.33. The van der Waals surface area contributed by atoms with Crippen molar-refractivity contribution in [1.82, 2.24) is 25.3 Å². The van der Waals surface area contributed by atoms with E-state index in [0.29, 0.717) is 32.1 Å². The Hall–Kier alpha value is -2.73. The summed E-state index contributed by atoms with van der Waals surface area (Å²) in [6.45, 7) is 9.52. The van der Waals surface area contributed by atoms with E-state index in [-0.39, 0.29) is 0 Å². The summed E-state index contributed by atoms with van der Waals surface area (Å²) in [6.07, 6.45) is 0. The van der Waals surface area contributed by atoms with Crippen LogP contribution in [-0.2, 0) is 15.2 Å². The van der Waals surface area contributed by atoms with Crippen LogP contribution >= 0.6 is 11.8 Å². The van der Waals surface area contributed by atoms with Crippen molar-refractivity contribution in [1.29, 1.82) is 0 Å². The molecule has 3 aromatic rings. The van der Waals surface area contributed by atoms with Crippen LogP contribution < -0.4 is 20.0 Å². The Labute approximate surface area is 215 Å². The van der Waals surface area contributed by atoms with Crippen LogP contribution in [0.1, 0.15) is 5.56 Å². The molecule has 0 saturated carbocycles. The number of nitrogens with zero attached hydrogens (tertiary/aromatic N) is 7. The Morgan fingerprint density at radius 2 is 1.39 bits per heavy atom. The minimum absolute atomic E-state index is 0.658. The number of thioether (sulfide) groups is 1. The molecule has 3 fully saturated rings. The predicted molar refractivity (Wildman–Crippen MR) is 142 cm³/mol. The maximum absolute atomic E-state index is 5.63. The fourth-order valence-corrected chi connectivity index (χ4v) is 5.66. The van der Waals surface area contributed by atoms with Gasteiger partial charge in [0.05, 0.1) is 26.4 Å². The first-order valence-corrected chi connectivity index (χ1v) is 13.7. The van der Waals surface area contributed by atoms with Gasteiger partial charge in [-0.1, -0.05) is 42.1 Å². The second-order valence-electron chi connectivity index (χ2n) is 9.08. The maximum Gasteiger partial charge on any atom is 0.229 e. The van der Waals surface area contributed by atoms with E-state index >= 15 is 0 Å². The van der Waals surface area contributed by atoms with Crippen LogP contribution in [0.25, 0.3) is 11.2 Å². The number of fused-ring (bicyclic) bond motifs is 1. The van der Waals surface area contributed by atoms with Gasteiger partial charge in [-0.25, -0.2) is 9.97 Å². The van der Waals surface area contributed by atoms with Gasteiger partial charge >= 0.3 is 0 Å². The first-order chi connectivity index (χ1) is 17.8. The number of anilines is 3. The third kappa shape index (κ3) is 5.19. The van der Waals surface area contributed by atoms with Crippen LogP contribution in [0.2, 0.25) is 0 Å². The molecule has 11 heteroatoms. The van der Waals surface area contributed by atoms with E-state index < -0.39 is 0 Å². The summed E-state index contributed by atoms with van der Waals surface area (Å²) in [4.78, 5) is 27.2. The molecule has 0 atom stereocenters. The third-order valence-corrected chi connectivity index (χ3v) is 7.72. The zero-order valence-electron chi connectivity index (χ0n) is 20.4. The molecule has 6 rings (SSSR count). The number of morpholine rings is 2. The molecule has 2 aromatic heterocycles. The van der Waals surface area contributed by atoms with Crippen LogP contribution in [0.5, 0.6) is 0 Å². The average molecular weight is 509 g/mol. The molecule has 10 nitrogen and oxygen atoms in total. The van der Waals surface area contributed by atoms with Crippen molar-refractivity contribution in [2.24, 2.45) is 0 Å². The van der Waals surface area contributed by atoms with Crippen molar-refractivity contribution in [3.8, 4) is 0 Å². The zero-order chi connectivity index (χ0) is 24.2. The minimum atomic E-state index is 0.658. The summed E-state index contributed by atoms with van der Waals surface area (Å²) in [5.74, 6) is 3.31. The molecule has 1 N–H and O–H groups in total. The second-order valence-corrected chi connectivity index (χ2v) is 10.0. The molecule has 0 amide bonds. The summed E-state index contributed by atoms with van der Waals surface area (Å²) >= 11 is 1.72. The molecule has 1 aromatic carbocycles. The molecule has 190 valence electrons. The lowest BCUT2D eigenvalue weighted by atomic mass is 10.2. The van der Waals surface area contributed by atoms with Crippen LogP contribution in [0.15, 0.2) is 35.4 Å². The molecule has 36 heavy (non-hydrogen) atoms. The number of hydrogen-bond donors (Lipinski definition) is 1. The van der Waals surface area contributed by atoms with Crippen LogP contribution in [-0.4, -0.2) is 98.7 Å². The fraction of sp³-hybridized carbons (Fsp3) is 0.520. The standard InChI is InChI=1S/C25H32N8O2S/c1-2-4-19(5-3-1)18-36-24-23(32-12-16-35-17-13-32)28-21-20(27-24)22(31-10-14-34-15-11-31)30-25(29-21)33-8-6-26-7-9-33/h1-5,26H,6-18H2. The van der Waals surface area contributed by atoms with Gasteiger partial charge in [-0.15, -0.1) is 0 Å². The van der Waals surface area contributed by atoms with Crippen molar-refractivity contribution >= 4 is 40.5 Å². The summed E-state index contributed by atoms with van der Waals surface area (Å²) in [6, 6.07) is 10.5. The van der Waals surface area contributed by atoms with Crippen molar-refractivity contribution in [2.45, 2.75) is 10.8 Å². The molecular formula is C25H32N8O2S. The topological polar surface area (TPSA) is 91.8 Å². The minimum Gasteiger partial charge on any atom is -0.378 e. The molecule has 0 spiro atoms. The molecule has 0 radical (unpaired) electrons. The Balaban J connectivity index is 1.44. The van der Waals surface area contributed by atoms with Crippen molar-refractivity contribution < 1.29 is 9.47 Å².